The first-order valence-electron chi connectivity index (χ1n) is 10.4. The summed E-state index contributed by atoms with van der Waals surface area (Å²) < 4.78 is 1.57. The number of aryl methyl sites for hydroxylation is 1. The Hall–Kier alpha value is -2.89. The van der Waals surface area contributed by atoms with E-state index in [1.807, 2.05) is 36.1 Å². The molecule has 1 saturated heterocycles. The highest BCUT2D eigenvalue weighted by atomic mass is 16.2. The molecule has 1 aliphatic heterocycles. The molecule has 2 heterocycles. The van der Waals surface area contributed by atoms with Crippen LogP contribution >= 0.6 is 0 Å². The van der Waals surface area contributed by atoms with Crippen molar-refractivity contribution in [1.29, 1.82) is 0 Å². The molecule has 1 unspecified atom stereocenters. The molecule has 1 atom stereocenters. The molecule has 0 aliphatic carbocycles. The quantitative estimate of drug-likeness (QED) is 0.746. The number of hydrogen-bond donors (Lipinski definition) is 1. The number of benzene rings is 1. The van der Waals surface area contributed by atoms with Crippen LogP contribution in [-0.2, 0) is 17.8 Å². The minimum Gasteiger partial charge on any atom is -0.352 e. The average Bonchev–Trinajstić information content (AvgIpc) is 3.20. The van der Waals surface area contributed by atoms with E-state index in [0.717, 1.165) is 32.4 Å². The van der Waals surface area contributed by atoms with Crippen molar-refractivity contribution < 1.29 is 9.59 Å². The number of carbonyl (C=O) groups excluding carboxylic acids is 2. The Kier molecular flexibility index (Phi) is 7.22. The molecule has 154 valence electrons. The van der Waals surface area contributed by atoms with Gasteiger partial charge in [-0.2, -0.15) is 0 Å². The fraction of sp³-hybridized carbons (Fsp3) is 0.435. The first-order valence-corrected chi connectivity index (χ1v) is 10.4. The zero-order chi connectivity index (χ0) is 20.6. The standard InChI is InChI=1S/C23H29N3O3/c1-2-12-24-23(29)20-8-6-18(7-9-20)16-19-10-14-26(17-19)22(28)11-15-25-13-4-3-5-21(25)27/h3-9,13,19H,2,10-12,14-17H2,1H3,(H,24,29). The van der Waals surface area contributed by atoms with Crippen LogP contribution in [0.5, 0.6) is 0 Å². The largest absolute Gasteiger partial charge is 0.352 e. The third-order valence-electron chi connectivity index (χ3n) is 5.38. The Balaban J connectivity index is 1.47. The molecule has 1 aromatic heterocycles. The van der Waals surface area contributed by atoms with Crippen LogP contribution in [0.25, 0.3) is 0 Å². The normalized spacial score (nSPS) is 16.0. The summed E-state index contributed by atoms with van der Waals surface area (Å²) in [6, 6.07) is 12.8. The highest BCUT2D eigenvalue weighted by Crippen LogP contribution is 2.22. The molecule has 1 N–H and O–H groups in total. The molecule has 2 aromatic rings. The molecule has 6 heteroatoms. The van der Waals surface area contributed by atoms with E-state index in [4.69, 9.17) is 0 Å². The number of aromatic nitrogens is 1. The van der Waals surface area contributed by atoms with Gasteiger partial charge in [-0.15, -0.1) is 0 Å². The smallest absolute Gasteiger partial charge is 0.251 e. The van der Waals surface area contributed by atoms with Crippen molar-refractivity contribution in [3.8, 4) is 0 Å². The summed E-state index contributed by atoms with van der Waals surface area (Å²) in [5.41, 5.74) is 1.79. The van der Waals surface area contributed by atoms with E-state index >= 15 is 0 Å². The number of nitrogens with zero attached hydrogens (tertiary/aromatic N) is 2. The number of pyridine rings is 1. The maximum Gasteiger partial charge on any atom is 0.251 e. The molecule has 2 amide bonds. The second-order valence-corrected chi connectivity index (χ2v) is 7.63. The van der Waals surface area contributed by atoms with Crippen LogP contribution in [0.4, 0.5) is 0 Å². The highest BCUT2D eigenvalue weighted by Gasteiger charge is 2.26. The minimum atomic E-state index is -0.0774. The second kappa shape index (κ2) is 10.0. The summed E-state index contributed by atoms with van der Waals surface area (Å²) in [7, 11) is 0. The predicted molar refractivity (Wildman–Crippen MR) is 113 cm³/mol. The van der Waals surface area contributed by atoms with E-state index in [1.54, 1.807) is 22.9 Å². The van der Waals surface area contributed by atoms with E-state index in [-0.39, 0.29) is 17.4 Å². The summed E-state index contributed by atoms with van der Waals surface area (Å²) in [6.07, 6.45) is 4.87. The van der Waals surface area contributed by atoms with Crippen molar-refractivity contribution in [1.82, 2.24) is 14.8 Å². The van der Waals surface area contributed by atoms with Gasteiger partial charge in [-0.25, -0.2) is 0 Å². The molecular weight excluding hydrogens is 366 g/mol. The van der Waals surface area contributed by atoms with Gasteiger partial charge >= 0.3 is 0 Å². The minimum absolute atomic E-state index is 0.0337. The number of amides is 2. The van der Waals surface area contributed by atoms with E-state index < -0.39 is 0 Å². The van der Waals surface area contributed by atoms with E-state index in [2.05, 4.69) is 5.32 Å². The lowest BCUT2D eigenvalue weighted by atomic mass is 9.98. The number of nitrogens with one attached hydrogen (secondary N) is 1. The third-order valence-corrected chi connectivity index (χ3v) is 5.38. The molecular formula is C23H29N3O3. The van der Waals surface area contributed by atoms with Crippen molar-refractivity contribution in [2.75, 3.05) is 19.6 Å². The van der Waals surface area contributed by atoms with Gasteiger partial charge in [0.1, 0.15) is 0 Å². The summed E-state index contributed by atoms with van der Waals surface area (Å²) in [5, 5.41) is 2.88. The van der Waals surface area contributed by atoms with Crippen LogP contribution < -0.4 is 10.9 Å². The van der Waals surface area contributed by atoms with Gasteiger partial charge in [0.25, 0.3) is 11.5 Å². The van der Waals surface area contributed by atoms with Crippen LogP contribution in [0.3, 0.4) is 0 Å². The average molecular weight is 396 g/mol. The van der Waals surface area contributed by atoms with Crippen LogP contribution in [0, 0.1) is 5.92 Å². The topological polar surface area (TPSA) is 71.4 Å². The Morgan fingerprint density at radius 1 is 1.14 bits per heavy atom. The molecule has 1 aromatic carbocycles. The zero-order valence-corrected chi connectivity index (χ0v) is 17.0. The van der Waals surface area contributed by atoms with E-state index in [0.29, 0.717) is 31.0 Å². The Bertz CT molecular complexity index is 889. The fourth-order valence-electron chi connectivity index (χ4n) is 3.71. The van der Waals surface area contributed by atoms with Gasteiger partial charge in [0.2, 0.25) is 5.91 Å². The number of likely N-dealkylation sites (tertiary alicyclic amines) is 1. The number of carbonyl (C=O) groups is 2. The van der Waals surface area contributed by atoms with Crippen molar-refractivity contribution >= 4 is 11.8 Å². The van der Waals surface area contributed by atoms with E-state index in [1.165, 1.54) is 11.6 Å². The maximum absolute atomic E-state index is 12.5. The van der Waals surface area contributed by atoms with E-state index in [9.17, 15) is 14.4 Å². The number of hydrogen-bond acceptors (Lipinski definition) is 3. The third kappa shape index (κ3) is 5.79. The van der Waals surface area contributed by atoms with Crippen molar-refractivity contribution in [2.45, 2.75) is 39.2 Å². The van der Waals surface area contributed by atoms with Crippen molar-refractivity contribution in [2.24, 2.45) is 5.92 Å². The Labute approximate surface area is 171 Å². The predicted octanol–water partition coefficient (Wildman–Crippen LogP) is 2.47. The van der Waals surface area contributed by atoms with Crippen LogP contribution in [-0.4, -0.2) is 40.9 Å². The van der Waals surface area contributed by atoms with Crippen LogP contribution in [0.15, 0.2) is 53.5 Å². The molecule has 0 spiro atoms. The Morgan fingerprint density at radius 2 is 1.93 bits per heavy atom. The lowest BCUT2D eigenvalue weighted by Gasteiger charge is -2.17. The first-order chi connectivity index (χ1) is 14.1. The zero-order valence-electron chi connectivity index (χ0n) is 17.0. The fourth-order valence-corrected chi connectivity index (χ4v) is 3.71. The van der Waals surface area contributed by atoms with Gasteiger partial charge in [0, 0.05) is 50.4 Å². The van der Waals surface area contributed by atoms with Gasteiger partial charge in [0.05, 0.1) is 0 Å². The van der Waals surface area contributed by atoms with Gasteiger partial charge in [-0.3, -0.25) is 14.4 Å². The molecule has 1 fully saturated rings. The Morgan fingerprint density at radius 3 is 2.66 bits per heavy atom. The second-order valence-electron chi connectivity index (χ2n) is 7.63. The summed E-state index contributed by atoms with van der Waals surface area (Å²) in [6.45, 7) is 4.65. The molecule has 6 nitrogen and oxygen atoms in total. The molecule has 0 radical (unpaired) electrons. The maximum atomic E-state index is 12.5. The van der Waals surface area contributed by atoms with Gasteiger partial charge in [-0.05, 0) is 48.9 Å². The van der Waals surface area contributed by atoms with Gasteiger partial charge in [0.15, 0.2) is 0 Å². The summed E-state index contributed by atoms with van der Waals surface area (Å²) >= 11 is 0. The lowest BCUT2D eigenvalue weighted by Crippen LogP contribution is -2.30. The molecule has 0 saturated carbocycles. The molecule has 1 aliphatic rings. The monoisotopic (exact) mass is 395 g/mol. The summed E-state index contributed by atoms with van der Waals surface area (Å²) in [5.74, 6) is 0.498. The van der Waals surface area contributed by atoms with Gasteiger partial charge < -0.3 is 14.8 Å². The SMILES string of the molecule is CCCNC(=O)c1ccc(CC2CCN(C(=O)CCn3ccccc3=O)C2)cc1. The van der Waals surface area contributed by atoms with Crippen LogP contribution in [0.2, 0.25) is 0 Å². The number of rotatable bonds is 8. The molecule has 29 heavy (non-hydrogen) atoms. The lowest BCUT2D eigenvalue weighted by molar-refractivity contribution is -0.130. The summed E-state index contributed by atoms with van der Waals surface area (Å²) in [4.78, 5) is 38.1. The van der Waals surface area contributed by atoms with Crippen molar-refractivity contribution in [3.63, 3.8) is 0 Å². The highest BCUT2D eigenvalue weighted by molar-refractivity contribution is 5.94. The first kappa shape index (κ1) is 20.8. The van der Waals surface area contributed by atoms with Crippen LogP contribution in [0.1, 0.15) is 42.1 Å². The van der Waals surface area contributed by atoms with Crippen molar-refractivity contribution in [3.05, 3.63) is 70.1 Å². The van der Waals surface area contributed by atoms with Gasteiger partial charge in [-0.1, -0.05) is 25.1 Å². The molecule has 3 rings (SSSR count). The molecule has 0 bridgehead atoms.